The third kappa shape index (κ3) is 11.2. The van der Waals surface area contributed by atoms with Crippen LogP contribution in [0.3, 0.4) is 0 Å². The highest BCUT2D eigenvalue weighted by atomic mass is 16.5. The van der Waals surface area contributed by atoms with Gasteiger partial charge in [0, 0.05) is 49.3 Å². The van der Waals surface area contributed by atoms with Crippen molar-refractivity contribution >= 4 is 47.0 Å². The number of nitrogens with one attached hydrogen (secondary N) is 5. The summed E-state index contributed by atoms with van der Waals surface area (Å²) in [5, 5.41) is 20.1. The highest BCUT2D eigenvalue weighted by Crippen LogP contribution is 2.32. The number of hydroxylamine groups is 1. The fourth-order valence-corrected chi connectivity index (χ4v) is 6.60. The van der Waals surface area contributed by atoms with Gasteiger partial charge in [-0.1, -0.05) is 37.1 Å². The number of fused-ring (bicyclic) bond motifs is 1. The minimum absolute atomic E-state index is 0.0329. The van der Waals surface area contributed by atoms with E-state index in [1.54, 1.807) is 35.8 Å². The lowest BCUT2D eigenvalue weighted by Gasteiger charge is -2.27. The molecular formula is C41H48N6O9. The van der Waals surface area contributed by atoms with Crippen LogP contribution in [0.5, 0.6) is 5.75 Å². The first-order chi connectivity index (χ1) is 27.2. The Balaban J connectivity index is 0.865. The lowest BCUT2D eigenvalue weighted by Crippen LogP contribution is -2.54. The minimum Gasteiger partial charge on any atom is -0.494 e. The Labute approximate surface area is 324 Å². The molecule has 6 N–H and O–H groups in total. The Bertz CT molecular complexity index is 1920. The molecule has 0 aliphatic carbocycles. The number of amides is 7. The number of hydrogen-bond acceptors (Lipinski definition) is 10. The normalized spacial score (nSPS) is 14.9. The van der Waals surface area contributed by atoms with E-state index in [4.69, 9.17) is 9.94 Å². The van der Waals surface area contributed by atoms with E-state index in [9.17, 15) is 33.6 Å². The molecule has 1 fully saturated rings. The molecule has 0 spiro atoms. The summed E-state index contributed by atoms with van der Waals surface area (Å²) in [5.74, 6) is -2.33. The van der Waals surface area contributed by atoms with Gasteiger partial charge < -0.3 is 20.7 Å². The number of rotatable bonds is 21. The number of unbranched alkanes of at least 4 members (excludes halogenated alkanes) is 5. The first-order valence-electron chi connectivity index (χ1n) is 19.1. The highest BCUT2D eigenvalue weighted by molar-refractivity contribution is 6.25. The van der Waals surface area contributed by atoms with Crippen molar-refractivity contribution in [3.05, 3.63) is 94.5 Å². The van der Waals surface area contributed by atoms with Gasteiger partial charge in [-0.2, -0.15) is 0 Å². The number of carbonyl (C=O) groups excluding carboxylic acids is 7. The van der Waals surface area contributed by atoms with Crippen LogP contribution in [-0.2, 0) is 20.8 Å². The van der Waals surface area contributed by atoms with E-state index in [0.717, 1.165) is 61.2 Å². The van der Waals surface area contributed by atoms with Crippen molar-refractivity contribution in [1.29, 1.82) is 0 Å². The molecule has 1 atom stereocenters. The predicted octanol–water partition coefficient (Wildman–Crippen LogP) is 3.91. The summed E-state index contributed by atoms with van der Waals surface area (Å²) in [5.41, 5.74) is 4.13. The van der Waals surface area contributed by atoms with Crippen molar-refractivity contribution in [2.75, 3.05) is 31.6 Å². The molecule has 5 rings (SSSR count). The Hall–Kier alpha value is -6.09. The van der Waals surface area contributed by atoms with Gasteiger partial charge in [0.15, 0.2) is 0 Å². The Morgan fingerprint density at radius 1 is 0.768 bits per heavy atom. The molecule has 15 heteroatoms. The van der Waals surface area contributed by atoms with Crippen LogP contribution in [-0.4, -0.2) is 83.7 Å². The van der Waals surface area contributed by atoms with Gasteiger partial charge in [-0.25, -0.2) is 5.48 Å². The Morgan fingerprint density at radius 2 is 1.48 bits per heavy atom. The van der Waals surface area contributed by atoms with Gasteiger partial charge in [0.05, 0.1) is 17.7 Å². The number of hydrogen-bond donors (Lipinski definition) is 6. The fraction of sp³-hybridized carbons (Fsp3) is 0.390. The number of carbonyl (C=O) groups is 7. The summed E-state index contributed by atoms with van der Waals surface area (Å²) in [6.07, 6.45) is 7.24. The van der Waals surface area contributed by atoms with Crippen molar-refractivity contribution < 1.29 is 43.5 Å². The van der Waals surface area contributed by atoms with E-state index in [2.05, 4.69) is 21.3 Å². The molecular weight excluding hydrogens is 720 g/mol. The maximum atomic E-state index is 13.2. The van der Waals surface area contributed by atoms with Crippen molar-refractivity contribution in [2.24, 2.45) is 0 Å². The third-order valence-electron chi connectivity index (χ3n) is 9.64. The Kier molecular flexibility index (Phi) is 15.1. The average Bonchev–Trinajstić information content (AvgIpc) is 3.46. The van der Waals surface area contributed by atoms with Crippen molar-refractivity contribution in [1.82, 2.24) is 26.3 Å². The van der Waals surface area contributed by atoms with E-state index in [0.29, 0.717) is 50.3 Å². The first kappa shape index (κ1) is 41.1. The second kappa shape index (κ2) is 20.6. The number of ether oxygens (including phenoxy) is 1. The lowest BCUT2D eigenvalue weighted by molar-refractivity contribution is -0.136. The van der Waals surface area contributed by atoms with E-state index in [-0.39, 0.29) is 41.3 Å². The molecule has 2 aliphatic heterocycles. The molecule has 3 aromatic rings. The topological polar surface area (TPSA) is 212 Å². The summed E-state index contributed by atoms with van der Waals surface area (Å²) in [4.78, 5) is 87.3. The van der Waals surface area contributed by atoms with Crippen LogP contribution in [0.25, 0.3) is 0 Å². The molecule has 296 valence electrons. The SMILES string of the molecule is O=C(CCCCCOc1ccc(CCNC(=O)c2cccc(C(=O)NO)c2)cc1)NCCCCCCNc1cccc2c1C(=O)N(C1CCC(=O)NC1=O)C2=O. The zero-order valence-corrected chi connectivity index (χ0v) is 31.2. The van der Waals surface area contributed by atoms with Crippen LogP contribution < -0.4 is 31.5 Å². The summed E-state index contributed by atoms with van der Waals surface area (Å²) in [7, 11) is 0. The van der Waals surface area contributed by atoms with Crippen molar-refractivity contribution in [3.63, 3.8) is 0 Å². The van der Waals surface area contributed by atoms with Crippen LogP contribution in [0.4, 0.5) is 5.69 Å². The highest BCUT2D eigenvalue weighted by Gasteiger charge is 2.45. The number of benzene rings is 3. The van der Waals surface area contributed by atoms with Crippen LogP contribution >= 0.6 is 0 Å². The lowest BCUT2D eigenvalue weighted by atomic mass is 10.0. The van der Waals surface area contributed by atoms with E-state index in [1.807, 2.05) is 24.3 Å². The largest absolute Gasteiger partial charge is 0.494 e. The summed E-state index contributed by atoms with van der Waals surface area (Å²) < 4.78 is 5.84. The zero-order chi connectivity index (χ0) is 39.9. The van der Waals surface area contributed by atoms with Crippen LogP contribution in [0.2, 0.25) is 0 Å². The van der Waals surface area contributed by atoms with Crippen molar-refractivity contribution in [3.8, 4) is 5.75 Å². The molecule has 0 radical (unpaired) electrons. The Morgan fingerprint density at radius 3 is 2.23 bits per heavy atom. The third-order valence-corrected chi connectivity index (χ3v) is 9.64. The van der Waals surface area contributed by atoms with Crippen LogP contribution in [0.15, 0.2) is 66.7 Å². The monoisotopic (exact) mass is 768 g/mol. The van der Waals surface area contributed by atoms with Gasteiger partial charge in [-0.05, 0) is 93.0 Å². The average molecular weight is 769 g/mol. The van der Waals surface area contributed by atoms with Crippen LogP contribution in [0, 0.1) is 0 Å². The predicted molar refractivity (Wildman–Crippen MR) is 205 cm³/mol. The zero-order valence-electron chi connectivity index (χ0n) is 31.2. The van der Waals surface area contributed by atoms with E-state index >= 15 is 0 Å². The second-order valence-electron chi connectivity index (χ2n) is 13.7. The van der Waals surface area contributed by atoms with Gasteiger partial charge in [-0.15, -0.1) is 0 Å². The molecule has 0 saturated carbocycles. The standard InChI is InChI=1S/C41H48N6O9/c48-34(14-4-3-7-25-56-30-17-15-27(16-18-30)21-24-44-37(50)28-10-8-11-29(26-28)38(51)46-55)43-23-6-2-1-5-22-42-32-13-9-12-31-36(32)41(54)47(40(31)53)33-19-20-35(49)45-39(33)52/h8-13,15-18,26,33,42,55H,1-7,14,19-25H2,(H,43,48)(H,44,50)(H,46,51)(H,45,49,52). The summed E-state index contributed by atoms with van der Waals surface area (Å²) >= 11 is 0. The fourth-order valence-electron chi connectivity index (χ4n) is 6.60. The molecule has 1 saturated heterocycles. The van der Waals surface area contributed by atoms with Gasteiger partial charge >= 0.3 is 0 Å². The maximum Gasteiger partial charge on any atom is 0.274 e. The molecule has 56 heavy (non-hydrogen) atoms. The van der Waals surface area contributed by atoms with Gasteiger partial charge in [0.1, 0.15) is 11.8 Å². The molecule has 2 heterocycles. The molecule has 0 aromatic heterocycles. The van der Waals surface area contributed by atoms with Gasteiger partial charge in [0.2, 0.25) is 17.7 Å². The molecule has 15 nitrogen and oxygen atoms in total. The van der Waals surface area contributed by atoms with Crippen molar-refractivity contribution in [2.45, 2.75) is 76.7 Å². The maximum absolute atomic E-state index is 13.2. The number of anilines is 1. The molecule has 0 bridgehead atoms. The number of piperidine rings is 1. The first-order valence-corrected chi connectivity index (χ1v) is 19.1. The van der Waals surface area contributed by atoms with Crippen LogP contribution in [0.1, 0.15) is 111 Å². The number of nitrogens with zero attached hydrogens (tertiary/aromatic N) is 1. The summed E-state index contributed by atoms with van der Waals surface area (Å²) in [6.45, 7) is 2.15. The van der Waals surface area contributed by atoms with Gasteiger partial charge in [0.25, 0.3) is 23.6 Å². The number of imide groups is 2. The molecule has 3 aromatic carbocycles. The minimum atomic E-state index is -1.00. The van der Waals surface area contributed by atoms with E-state index < -0.39 is 35.6 Å². The van der Waals surface area contributed by atoms with E-state index in [1.165, 1.54) is 12.1 Å². The molecule has 1 unspecified atom stereocenters. The second-order valence-corrected chi connectivity index (χ2v) is 13.7. The van der Waals surface area contributed by atoms with Gasteiger partial charge in [-0.3, -0.25) is 49.0 Å². The smallest absolute Gasteiger partial charge is 0.274 e. The summed E-state index contributed by atoms with van der Waals surface area (Å²) in [6, 6.07) is 17.7. The quantitative estimate of drug-likeness (QED) is 0.0398. The molecule has 2 aliphatic rings. The molecule has 7 amide bonds.